The number of aliphatic hydroxyl groups excluding tert-OH is 1. The van der Waals surface area contributed by atoms with Crippen molar-refractivity contribution in [2.24, 2.45) is 0 Å². The van der Waals surface area contributed by atoms with Crippen LogP contribution in [0.4, 0.5) is 0 Å². The van der Waals surface area contributed by atoms with Gasteiger partial charge in [0.25, 0.3) is 0 Å². The third-order valence-electron chi connectivity index (χ3n) is 2.90. The molecule has 0 fully saturated rings. The molecule has 2 aromatic heterocycles. The number of furan rings is 2. The van der Waals surface area contributed by atoms with Gasteiger partial charge in [-0.15, -0.1) is 0 Å². The highest BCUT2D eigenvalue weighted by atomic mass is 16.4. The summed E-state index contributed by atoms with van der Waals surface area (Å²) in [5, 5.41) is 21.0. The third-order valence-corrected chi connectivity index (χ3v) is 2.90. The highest BCUT2D eigenvalue weighted by Crippen LogP contribution is 2.39. The van der Waals surface area contributed by atoms with Crippen molar-refractivity contribution in [1.29, 1.82) is 0 Å². The second kappa shape index (κ2) is 3.53. The number of aliphatic hydroxyl groups is 1. The van der Waals surface area contributed by atoms with Crippen molar-refractivity contribution in [3.05, 3.63) is 30.2 Å². The number of fused-ring (bicyclic) bond motifs is 2. The lowest BCUT2D eigenvalue weighted by atomic mass is 10.0. The normalized spacial score (nSPS) is 13.5. The van der Waals surface area contributed by atoms with E-state index in [2.05, 4.69) is 0 Å². The molecular formula is C13H12O4. The van der Waals surface area contributed by atoms with Crippen molar-refractivity contribution in [2.45, 2.75) is 19.4 Å². The summed E-state index contributed by atoms with van der Waals surface area (Å²) in [5.74, 6) is 0.0862. The maximum Gasteiger partial charge on any atom is 0.176 e. The average molecular weight is 232 g/mol. The third kappa shape index (κ3) is 1.41. The van der Waals surface area contributed by atoms with Gasteiger partial charge in [-0.2, -0.15) is 0 Å². The van der Waals surface area contributed by atoms with E-state index in [9.17, 15) is 10.2 Å². The van der Waals surface area contributed by atoms with E-state index in [0.717, 1.165) is 10.9 Å². The molecule has 2 N–H and O–H groups in total. The Labute approximate surface area is 97.1 Å². The van der Waals surface area contributed by atoms with Crippen LogP contribution in [0.3, 0.4) is 0 Å². The van der Waals surface area contributed by atoms with Crippen molar-refractivity contribution in [3.8, 4) is 5.75 Å². The zero-order valence-corrected chi connectivity index (χ0v) is 9.30. The summed E-state index contributed by atoms with van der Waals surface area (Å²) >= 11 is 0. The summed E-state index contributed by atoms with van der Waals surface area (Å²) in [5.41, 5.74) is 1.91. The Morgan fingerprint density at radius 1 is 1.12 bits per heavy atom. The van der Waals surface area contributed by atoms with Gasteiger partial charge in [0.2, 0.25) is 0 Å². The number of hydrogen-bond acceptors (Lipinski definition) is 4. The molecule has 4 heteroatoms. The summed E-state index contributed by atoms with van der Waals surface area (Å²) in [7, 11) is 0. The fourth-order valence-corrected chi connectivity index (χ4v) is 2.20. The molecule has 2 heterocycles. The molecular weight excluding hydrogens is 220 g/mol. The van der Waals surface area contributed by atoms with Crippen molar-refractivity contribution in [2.75, 3.05) is 0 Å². The maximum atomic E-state index is 10.0. The largest absolute Gasteiger partial charge is 0.504 e. The zero-order valence-electron chi connectivity index (χ0n) is 9.30. The molecule has 0 aliphatic carbocycles. The highest BCUT2D eigenvalue weighted by molar-refractivity contribution is 6.03. The lowest BCUT2D eigenvalue weighted by Gasteiger charge is -2.07. The molecule has 3 rings (SSSR count). The Bertz CT molecular complexity index is 623. The summed E-state index contributed by atoms with van der Waals surface area (Å²) < 4.78 is 10.7. The minimum atomic E-state index is -0.481. The molecule has 1 atom stereocenters. The SMILES string of the molecule is CC(O)Cc1c2ccoc2c(O)c2ccoc12. The average Bonchev–Trinajstić information content (AvgIpc) is 2.92. The van der Waals surface area contributed by atoms with Crippen LogP contribution in [0.5, 0.6) is 5.75 Å². The van der Waals surface area contributed by atoms with E-state index < -0.39 is 6.10 Å². The number of benzene rings is 1. The van der Waals surface area contributed by atoms with Gasteiger partial charge in [-0.3, -0.25) is 0 Å². The molecule has 0 spiro atoms. The molecule has 0 aliphatic heterocycles. The molecule has 1 unspecified atom stereocenters. The van der Waals surface area contributed by atoms with Crippen molar-refractivity contribution in [3.63, 3.8) is 0 Å². The molecule has 0 saturated heterocycles. The van der Waals surface area contributed by atoms with Gasteiger partial charge in [-0.25, -0.2) is 0 Å². The molecule has 0 bridgehead atoms. The van der Waals surface area contributed by atoms with Gasteiger partial charge in [-0.05, 0) is 19.1 Å². The number of phenols is 1. The molecule has 3 aromatic rings. The predicted molar refractivity (Wildman–Crippen MR) is 63.0 cm³/mol. The first kappa shape index (κ1) is 10.2. The van der Waals surface area contributed by atoms with E-state index >= 15 is 0 Å². The van der Waals surface area contributed by atoms with Crippen LogP contribution >= 0.6 is 0 Å². The van der Waals surface area contributed by atoms with Crippen molar-refractivity contribution in [1.82, 2.24) is 0 Å². The fraction of sp³-hybridized carbons (Fsp3) is 0.231. The zero-order chi connectivity index (χ0) is 12.0. The smallest absolute Gasteiger partial charge is 0.176 e. The second-order valence-electron chi connectivity index (χ2n) is 4.21. The molecule has 0 aliphatic rings. The van der Waals surface area contributed by atoms with E-state index in [4.69, 9.17) is 8.83 Å². The van der Waals surface area contributed by atoms with Gasteiger partial charge in [0.15, 0.2) is 11.3 Å². The molecule has 17 heavy (non-hydrogen) atoms. The lowest BCUT2D eigenvalue weighted by molar-refractivity contribution is 0.196. The molecule has 0 saturated carbocycles. The molecule has 0 radical (unpaired) electrons. The van der Waals surface area contributed by atoms with Gasteiger partial charge >= 0.3 is 0 Å². The lowest BCUT2D eigenvalue weighted by Crippen LogP contribution is -2.04. The Hall–Kier alpha value is -1.94. The standard InChI is InChI=1S/C13H12O4/c1-7(14)6-10-8-2-4-17-13(8)11(15)9-3-5-16-12(9)10/h2-5,7,14-15H,6H2,1H3. The summed E-state index contributed by atoms with van der Waals surface area (Å²) in [6.07, 6.45) is 3.02. The monoisotopic (exact) mass is 232 g/mol. The van der Waals surface area contributed by atoms with Gasteiger partial charge in [0.05, 0.1) is 24.0 Å². The van der Waals surface area contributed by atoms with E-state index in [-0.39, 0.29) is 5.75 Å². The number of phenolic OH excluding ortho intramolecular Hbond substituents is 1. The van der Waals surface area contributed by atoms with Crippen LogP contribution in [0.1, 0.15) is 12.5 Å². The van der Waals surface area contributed by atoms with Gasteiger partial charge in [-0.1, -0.05) is 0 Å². The Kier molecular flexibility index (Phi) is 2.12. The molecule has 4 nitrogen and oxygen atoms in total. The first-order chi connectivity index (χ1) is 8.18. The molecule has 88 valence electrons. The Morgan fingerprint density at radius 2 is 1.76 bits per heavy atom. The van der Waals surface area contributed by atoms with Crippen molar-refractivity contribution < 1.29 is 19.0 Å². The number of rotatable bonds is 2. The molecule has 0 amide bonds. The van der Waals surface area contributed by atoms with Crippen LogP contribution in [0.2, 0.25) is 0 Å². The quantitative estimate of drug-likeness (QED) is 0.713. The minimum absolute atomic E-state index is 0.0862. The van der Waals surface area contributed by atoms with Crippen LogP contribution in [0.15, 0.2) is 33.5 Å². The second-order valence-corrected chi connectivity index (χ2v) is 4.21. The van der Waals surface area contributed by atoms with E-state index in [0.29, 0.717) is 23.0 Å². The first-order valence-electron chi connectivity index (χ1n) is 5.44. The summed E-state index contributed by atoms with van der Waals surface area (Å²) in [6, 6.07) is 3.47. The fourth-order valence-electron chi connectivity index (χ4n) is 2.20. The topological polar surface area (TPSA) is 66.7 Å². The number of hydrogen-bond donors (Lipinski definition) is 2. The summed E-state index contributed by atoms with van der Waals surface area (Å²) in [4.78, 5) is 0. The van der Waals surface area contributed by atoms with Crippen LogP contribution in [-0.4, -0.2) is 16.3 Å². The van der Waals surface area contributed by atoms with Gasteiger partial charge in [0.1, 0.15) is 5.58 Å². The Balaban J connectivity index is 2.43. The number of aromatic hydroxyl groups is 1. The summed E-state index contributed by atoms with van der Waals surface area (Å²) in [6.45, 7) is 1.72. The van der Waals surface area contributed by atoms with Gasteiger partial charge < -0.3 is 19.0 Å². The first-order valence-corrected chi connectivity index (χ1v) is 5.44. The van der Waals surface area contributed by atoms with E-state index in [1.54, 1.807) is 19.1 Å². The van der Waals surface area contributed by atoms with Gasteiger partial charge in [0, 0.05) is 17.4 Å². The van der Waals surface area contributed by atoms with Crippen LogP contribution in [-0.2, 0) is 6.42 Å². The Morgan fingerprint density at radius 3 is 2.47 bits per heavy atom. The van der Waals surface area contributed by atoms with E-state index in [1.807, 2.05) is 0 Å². The van der Waals surface area contributed by atoms with E-state index in [1.165, 1.54) is 12.5 Å². The van der Waals surface area contributed by atoms with Crippen molar-refractivity contribution >= 4 is 21.9 Å². The van der Waals surface area contributed by atoms with Crippen LogP contribution in [0.25, 0.3) is 21.9 Å². The van der Waals surface area contributed by atoms with Crippen LogP contribution < -0.4 is 0 Å². The van der Waals surface area contributed by atoms with Crippen LogP contribution in [0, 0.1) is 0 Å². The predicted octanol–water partition coefficient (Wildman–Crippen LogP) is 2.81. The maximum absolute atomic E-state index is 10.0. The highest BCUT2D eigenvalue weighted by Gasteiger charge is 2.18. The molecule has 1 aromatic carbocycles. The minimum Gasteiger partial charge on any atom is -0.504 e.